The normalized spacial score (nSPS) is 10.4. The standard InChI is InChI=1S/C15H11F3O2/c1-9(19)13-5-4-12(7-15(13)18)20-8-10-2-3-11(16)6-14(10)17/h2-7H,8H2,1H3. The van der Waals surface area contributed by atoms with Crippen LogP contribution in [0.4, 0.5) is 13.2 Å². The second-order valence-corrected chi connectivity index (χ2v) is 4.22. The third kappa shape index (κ3) is 3.17. The number of hydrogen-bond donors (Lipinski definition) is 0. The molecule has 2 aromatic rings. The molecule has 2 aromatic carbocycles. The van der Waals surface area contributed by atoms with E-state index < -0.39 is 23.2 Å². The van der Waals surface area contributed by atoms with E-state index in [1.807, 2.05) is 0 Å². The number of ether oxygens (including phenoxy) is 1. The maximum atomic E-state index is 13.5. The van der Waals surface area contributed by atoms with Crippen LogP contribution in [0.2, 0.25) is 0 Å². The topological polar surface area (TPSA) is 26.3 Å². The van der Waals surface area contributed by atoms with Gasteiger partial charge in [0.15, 0.2) is 5.78 Å². The molecule has 0 spiro atoms. The molecular weight excluding hydrogens is 269 g/mol. The Bertz CT molecular complexity index is 654. The zero-order chi connectivity index (χ0) is 14.7. The van der Waals surface area contributed by atoms with Gasteiger partial charge in [0.05, 0.1) is 5.56 Å². The van der Waals surface area contributed by atoms with Crippen LogP contribution in [-0.2, 0) is 6.61 Å². The van der Waals surface area contributed by atoms with Crippen molar-refractivity contribution in [2.24, 2.45) is 0 Å². The van der Waals surface area contributed by atoms with Gasteiger partial charge in [0.25, 0.3) is 0 Å². The minimum Gasteiger partial charge on any atom is -0.489 e. The second-order valence-electron chi connectivity index (χ2n) is 4.22. The van der Waals surface area contributed by atoms with E-state index in [0.29, 0.717) is 0 Å². The molecule has 0 saturated carbocycles. The third-order valence-electron chi connectivity index (χ3n) is 2.73. The Morgan fingerprint density at radius 3 is 2.40 bits per heavy atom. The number of ketones is 1. The number of halogens is 3. The van der Waals surface area contributed by atoms with E-state index in [2.05, 4.69) is 0 Å². The Morgan fingerprint density at radius 1 is 1.05 bits per heavy atom. The fourth-order valence-corrected chi connectivity index (χ4v) is 1.67. The molecule has 0 unspecified atom stereocenters. The molecule has 0 aliphatic carbocycles. The molecule has 0 radical (unpaired) electrons. The van der Waals surface area contributed by atoms with Crippen molar-refractivity contribution in [1.29, 1.82) is 0 Å². The average Bonchev–Trinajstić information content (AvgIpc) is 2.37. The lowest BCUT2D eigenvalue weighted by atomic mass is 10.1. The molecule has 0 atom stereocenters. The number of Topliss-reactive ketones (excluding diaryl/α,β-unsaturated/α-hetero) is 1. The van der Waals surface area contributed by atoms with Crippen molar-refractivity contribution in [3.05, 3.63) is 65.0 Å². The van der Waals surface area contributed by atoms with Crippen molar-refractivity contribution in [2.45, 2.75) is 13.5 Å². The van der Waals surface area contributed by atoms with E-state index in [-0.39, 0.29) is 23.5 Å². The van der Waals surface area contributed by atoms with Crippen LogP contribution < -0.4 is 4.74 Å². The molecule has 0 heterocycles. The van der Waals surface area contributed by atoms with Crippen LogP contribution in [0.25, 0.3) is 0 Å². The highest BCUT2D eigenvalue weighted by Crippen LogP contribution is 2.19. The Labute approximate surface area is 113 Å². The molecule has 104 valence electrons. The molecule has 0 N–H and O–H groups in total. The first-order valence-electron chi connectivity index (χ1n) is 5.84. The summed E-state index contributed by atoms with van der Waals surface area (Å²) in [5.74, 6) is -2.33. The summed E-state index contributed by atoms with van der Waals surface area (Å²) in [6.07, 6.45) is 0. The van der Waals surface area contributed by atoms with Crippen molar-refractivity contribution < 1.29 is 22.7 Å². The molecule has 2 rings (SSSR count). The first-order chi connectivity index (χ1) is 9.47. The Hall–Kier alpha value is -2.30. The molecule has 0 saturated heterocycles. The number of carbonyl (C=O) groups is 1. The molecule has 0 fully saturated rings. The van der Waals surface area contributed by atoms with Gasteiger partial charge in [-0.15, -0.1) is 0 Å². The minimum atomic E-state index is -0.731. The van der Waals surface area contributed by atoms with Gasteiger partial charge in [-0.25, -0.2) is 13.2 Å². The second kappa shape index (κ2) is 5.77. The predicted octanol–water partition coefficient (Wildman–Crippen LogP) is 3.89. The molecule has 5 heteroatoms. The SMILES string of the molecule is CC(=O)c1ccc(OCc2ccc(F)cc2F)cc1F. The van der Waals surface area contributed by atoms with Gasteiger partial charge < -0.3 is 4.74 Å². The highest BCUT2D eigenvalue weighted by atomic mass is 19.1. The Kier molecular flexibility index (Phi) is 4.08. The van der Waals surface area contributed by atoms with E-state index in [0.717, 1.165) is 18.2 Å². The van der Waals surface area contributed by atoms with Crippen molar-refractivity contribution in [2.75, 3.05) is 0 Å². The molecule has 0 aliphatic rings. The number of benzene rings is 2. The van der Waals surface area contributed by atoms with Crippen molar-refractivity contribution in [3.63, 3.8) is 0 Å². The summed E-state index contributed by atoms with van der Waals surface area (Å²) in [6.45, 7) is 1.10. The van der Waals surface area contributed by atoms with Gasteiger partial charge in [-0.1, -0.05) is 0 Å². The van der Waals surface area contributed by atoms with Gasteiger partial charge in [-0.2, -0.15) is 0 Å². The summed E-state index contributed by atoms with van der Waals surface area (Å²) < 4.78 is 44.8. The molecule has 0 bridgehead atoms. The summed E-state index contributed by atoms with van der Waals surface area (Å²) >= 11 is 0. The van der Waals surface area contributed by atoms with Crippen LogP contribution in [0.15, 0.2) is 36.4 Å². The average molecular weight is 280 g/mol. The van der Waals surface area contributed by atoms with Crippen LogP contribution in [0, 0.1) is 17.5 Å². The van der Waals surface area contributed by atoms with Gasteiger partial charge in [0.1, 0.15) is 29.8 Å². The van der Waals surface area contributed by atoms with Gasteiger partial charge in [-0.3, -0.25) is 4.79 Å². The van der Waals surface area contributed by atoms with Gasteiger partial charge >= 0.3 is 0 Å². The quantitative estimate of drug-likeness (QED) is 0.794. The maximum Gasteiger partial charge on any atom is 0.162 e. The third-order valence-corrected chi connectivity index (χ3v) is 2.73. The van der Waals surface area contributed by atoms with Crippen molar-refractivity contribution in [1.82, 2.24) is 0 Å². The highest BCUT2D eigenvalue weighted by Gasteiger charge is 2.09. The number of carbonyl (C=O) groups excluding carboxylic acids is 1. The van der Waals surface area contributed by atoms with Crippen LogP contribution in [0.1, 0.15) is 22.8 Å². The zero-order valence-corrected chi connectivity index (χ0v) is 10.6. The fraction of sp³-hybridized carbons (Fsp3) is 0.133. The molecule has 0 aliphatic heterocycles. The number of hydrogen-bond acceptors (Lipinski definition) is 2. The van der Waals surface area contributed by atoms with E-state index in [1.54, 1.807) is 0 Å². The minimum absolute atomic E-state index is 0.0367. The monoisotopic (exact) mass is 280 g/mol. The van der Waals surface area contributed by atoms with Gasteiger partial charge in [0, 0.05) is 17.7 Å². The lowest BCUT2D eigenvalue weighted by molar-refractivity contribution is 0.101. The van der Waals surface area contributed by atoms with E-state index in [1.165, 1.54) is 25.1 Å². The maximum absolute atomic E-state index is 13.5. The lowest BCUT2D eigenvalue weighted by Crippen LogP contribution is -2.01. The van der Waals surface area contributed by atoms with Crippen LogP contribution in [0.3, 0.4) is 0 Å². The molecular formula is C15H11F3O2. The first-order valence-corrected chi connectivity index (χ1v) is 5.84. The molecule has 20 heavy (non-hydrogen) atoms. The largest absolute Gasteiger partial charge is 0.489 e. The smallest absolute Gasteiger partial charge is 0.162 e. The summed E-state index contributed by atoms with van der Waals surface area (Å²) in [5, 5.41) is 0. The highest BCUT2D eigenvalue weighted by molar-refractivity contribution is 5.94. The predicted molar refractivity (Wildman–Crippen MR) is 67.1 cm³/mol. The zero-order valence-electron chi connectivity index (χ0n) is 10.6. The molecule has 0 aromatic heterocycles. The first kappa shape index (κ1) is 14.1. The Balaban J connectivity index is 2.11. The summed E-state index contributed by atoms with van der Waals surface area (Å²) in [5.41, 5.74) is 0.118. The van der Waals surface area contributed by atoms with Crippen molar-refractivity contribution in [3.8, 4) is 5.75 Å². The van der Waals surface area contributed by atoms with Crippen molar-refractivity contribution >= 4 is 5.78 Å². The van der Waals surface area contributed by atoms with Gasteiger partial charge in [0.2, 0.25) is 0 Å². The molecule has 2 nitrogen and oxygen atoms in total. The van der Waals surface area contributed by atoms with E-state index in [4.69, 9.17) is 4.74 Å². The summed E-state index contributed by atoms with van der Waals surface area (Å²) in [6, 6.07) is 6.89. The summed E-state index contributed by atoms with van der Waals surface area (Å²) in [4.78, 5) is 11.1. The van der Waals surface area contributed by atoms with Crippen LogP contribution in [-0.4, -0.2) is 5.78 Å². The van der Waals surface area contributed by atoms with Gasteiger partial charge in [-0.05, 0) is 31.2 Å². The summed E-state index contributed by atoms with van der Waals surface area (Å²) in [7, 11) is 0. The lowest BCUT2D eigenvalue weighted by Gasteiger charge is -2.08. The van der Waals surface area contributed by atoms with E-state index >= 15 is 0 Å². The van der Waals surface area contributed by atoms with Crippen LogP contribution >= 0.6 is 0 Å². The van der Waals surface area contributed by atoms with Crippen LogP contribution in [0.5, 0.6) is 5.75 Å². The van der Waals surface area contributed by atoms with E-state index in [9.17, 15) is 18.0 Å². The fourth-order valence-electron chi connectivity index (χ4n) is 1.67. The number of rotatable bonds is 4. The molecule has 0 amide bonds. The Morgan fingerprint density at radius 2 is 1.80 bits per heavy atom.